The SMILES string of the molecule is O=C(COc1ccc(C=Cc2nc(O)c([N+](=O)[O-])c(=O)[nH]2)cc1)N1CCCC1. The van der Waals surface area contributed by atoms with E-state index in [0.29, 0.717) is 5.75 Å². The Balaban J connectivity index is 1.61. The number of aromatic nitrogens is 2. The Bertz CT molecular complexity index is 961. The number of carbonyl (C=O) groups is 1. The number of benzene rings is 1. The number of hydrogen-bond donors (Lipinski definition) is 2. The molecule has 1 aliphatic heterocycles. The Morgan fingerprint density at radius 2 is 1.96 bits per heavy atom. The Labute approximate surface area is 159 Å². The lowest BCUT2D eigenvalue weighted by molar-refractivity contribution is -0.387. The van der Waals surface area contributed by atoms with Crippen LogP contribution in [0.15, 0.2) is 29.1 Å². The molecule has 1 aromatic heterocycles. The molecule has 10 heteroatoms. The highest BCUT2D eigenvalue weighted by molar-refractivity contribution is 5.78. The smallest absolute Gasteiger partial charge is 0.395 e. The van der Waals surface area contributed by atoms with E-state index in [-0.39, 0.29) is 18.3 Å². The van der Waals surface area contributed by atoms with E-state index in [2.05, 4.69) is 9.97 Å². The van der Waals surface area contributed by atoms with Gasteiger partial charge in [-0.2, -0.15) is 4.98 Å². The van der Waals surface area contributed by atoms with E-state index in [1.165, 1.54) is 6.08 Å². The van der Waals surface area contributed by atoms with Crippen LogP contribution < -0.4 is 10.3 Å². The Morgan fingerprint density at radius 1 is 1.29 bits per heavy atom. The first kappa shape index (κ1) is 19.1. The van der Waals surface area contributed by atoms with Crippen molar-refractivity contribution in [1.82, 2.24) is 14.9 Å². The molecule has 0 bridgehead atoms. The predicted molar refractivity (Wildman–Crippen MR) is 99.9 cm³/mol. The highest BCUT2D eigenvalue weighted by Gasteiger charge is 2.21. The van der Waals surface area contributed by atoms with Crippen LogP contribution >= 0.6 is 0 Å². The molecule has 10 nitrogen and oxygen atoms in total. The molecule has 2 aromatic rings. The van der Waals surface area contributed by atoms with Gasteiger partial charge in [-0.05, 0) is 36.6 Å². The zero-order valence-electron chi connectivity index (χ0n) is 14.8. The van der Waals surface area contributed by atoms with E-state index in [1.54, 1.807) is 35.2 Å². The largest absolute Gasteiger partial charge is 0.488 e. The second kappa shape index (κ2) is 8.33. The number of ether oxygens (including phenoxy) is 1. The van der Waals surface area contributed by atoms with Crippen LogP contribution in [0.2, 0.25) is 0 Å². The maximum Gasteiger partial charge on any atom is 0.395 e. The van der Waals surface area contributed by atoms with Gasteiger partial charge in [0.1, 0.15) is 11.6 Å². The van der Waals surface area contributed by atoms with Gasteiger partial charge in [-0.25, -0.2) is 0 Å². The molecular formula is C18H18N4O6. The van der Waals surface area contributed by atoms with Crippen LogP contribution in [0.4, 0.5) is 5.69 Å². The van der Waals surface area contributed by atoms with Crippen molar-refractivity contribution in [3.8, 4) is 11.6 Å². The molecule has 2 N–H and O–H groups in total. The summed E-state index contributed by atoms with van der Waals surface area (Å²) in [4.78, 5) is 40.8. The Kier molecular flexibility index (Phi) is 5.68. The molecule has 1 amide bonds. The number of hydrogen-bond acceptors (Lipinski definition) is 7. The predicted octanol–water partition coefficient (Wildman–Crippen LogP) is 1.56. The third-order valence-electron chi connectivity index (χ3n) is 4.21. The minimum atomic E-state index is -1.04. The van der Waals surface area contributed by atoms with Gasteiger partial charge < -0.3 is 19.7 Å². The number of amides is 1. The molecule has 0 atom stereocenters. The molecule has 28 heavy (non-hydrogen) atoms. The van der Waals surface area contributed by atoms with Gasteiger partial charge in [-0.3, -0.25) is 19.7 Å². The zero-order chi connectivity index (χ0) is 20.1. The van der Waals surface area contributed by atoms with Crippen LogP contribution in [0.1, 0.15) is 24.2 Å². The van der Waals surface area contributed by atoms with Crippen molar-refractivity contribution >= 4 is 23.7 Å². The third kappa shape index (κ3) is 4.53. The molecule has 0 saturated carbocycles. The highest BCUT2D eigenvalue weighted by atomic mass is 16.6. The van der Waals surface area contributed by atoms with E-state index >= 15 is 0 Å². The fourth-order valence-electron chi connectivity index (χ4n) is 2.77. The van der Waals surface area contributed by atoms with Gasteiger partial charge >= 0.3 is 11.2 Å². The van der Waals surface area contributed by atoms with E-state index in [4.69, 9.17) is 4.74 Å². The minimum absolute atomic E-state index is 0.0115. The van der Waals surface area contributed by atoms with Crippen LogP contribution in [0.5, 0.6) is 11.6 Å². The Hall–Kier alpha value is -3.69. The number of rotatable bonds is 6. The van der Waals surface area contributed by atoms with Gasteiger partial charge in [0.15, 0.2) is 6.61 Å². The van der Waals surface area contributed by atoms with Gasteiger partial charge in [0.2, 0.25) is 0 Å². The summed E-state index contributed by atoms with van der Waals surface area (Å²) in [6.45, 7) is 1.54. The minimum Gasteiger partial charge on any atom is -0.488 e. The van der Waals surface area contributed by atoms with Gasteiger partial charge in [-0.1, -0.05) is 18.2 Å². The lowest BCUT2D eigenvalue weighted by Crippen LogP contribution is -2.32. The first-order chi connectivity index (χ1) is 13.4. The fraction of sp³-hybridized carbons (Fsp3) is 0.278. The van der Waals surface area contributed by atoms with Crippen LogP contribution in [-0.4, -0.2) is 50.5 Å². The van der Waals surface area contributed by atoms with Crippen LogP contribution in [0.3, 0.4) is 0 Å². The summed E-state index contributed by atoms with van der Waals surface area (Å²) in [6.07, 6.45) is 5.05. The van der Waals surface area contributed by atoms with Crippen molar-refractivity contribution in [2.45, 2.75) is 12.8 Å². The van der Waals surface area contributed by atoms with Gasteiger partial charge in [0.25, 0.3) is 11.8 Å². The van der Waals surface area contributed by atoms with Crippen molar-refractivity contribution in [2.75, 3.05) is 19.7 Å². The molecule has 3 rings (SSSR count). The average Bonchev–Trinajstić information content (AvgIpc) is 3.19. The van der Waals surface area contributed by atoms with E-state index in [9.17, 15) is 24.8 Å². The van der Waals surface area contributed by atoms with Crippen molar-refractivity contribution in [2.24, 2.45) is 0 Å². The van der Waals surface area contributed by atoms with Crippen molar-refractivity contribution in [3.05, 3.63) is 56.1 Å². The molecule has 1 fully saturated rings. The number of H-pyrrole nitrogens is 1. The van der Waals surface area contributed by atoms with Gasteiger partial charge in [-0.15, -0.1) is 0 Å². The summed E-state index contributed by atoms with van der Waals surface area (Å²) in [7, 11) is 0. The summed E-state index contributed by atoms with van der Waals surface area (Å²) >= 11 is 0. The van der Waals surface area contributed by atoms with Crippen molar-refractivity contribution < 1.29 is 19.6 Å². The number of carbonyl (C=O) groups excluding carboxylic acids is 1. The molecule has 2 heterocycles. The molecule has 0 spiro atoms. The summed E-state index contributed by atoms with van der Waals surface area (Å²) in [5, 5.41) is 20.2. The van der Waals surface area contributed by atoms with E-state index < -0.39 is 22.0 Å². The average molecular weight is 386 g/mol. The standard InChI is InChI=1S/C18H18N4O6/c23-15(21-9-1-2-10-21)11-28-13-6-3-12(4-7-13)5-8-14-19-17(24)16(22(26)27)18(25)20-14/h3-8H,1-2,9-11H2,(H2,19,20,24,25). The number of nitrogens with one attached hydrogen (secondary N) is 1. The molecule has 0 radical (unpaired) electrons. The fourth-order valence-corrected chi connectivity index (χ4v) is 2.77. The normalized spacial score (nSPS) is 13.8. The maximum atomic E-state index is 12.0. The zero-order valence-corrected chi connectivity index (χ0v) is 14.8. The number of aromatic amines is 1. The van der Waals surface area contributed by atoms with E-state index in [1.807, 2.05) is 0 Å². The van der Waals surface area contributed by atoms with Crippen LogP contribution in [-0.2, 0) is 4.79 Å². The summed E-state index contributed by atoms with van der Waals surface area (Å²) < 4.78 is 5.49. The highest BCUT2D eigenvalue weighted by Crippen LogP contribution is 2.18. The molecule has 1 saturated heterocycles. The van der Waals surface area contributed by atoms with Crippen molar-refractivity contribution in [1.29, 1.82) is 0 Å². The summed E-state index contributed by atoms with van der Waals surface area (Å²) in [6, 6.07) is 6.85. The molecular weight excluding hydrogens is 368 g/mol. The van der Waals surface area contributed by atoms with Gasteiger partial charge in [0.05, 0.1) is 4.92 Å². The number of likely N-dealkylation sites (tertiary alicyclic amines) is 1. The monoisotopic (exact) mass is 386 g/mol. The van der Waals surface area contributed by atoms with Gasteiger partial charge in [0, 0.05) is 13.1 Å². The number of aromatic hydroxyl groups is 1. The third-order valence-corrected chi connectivity index (χ3v) is 4.21. The molecule has 0 aliphatic carbocycles. The Morgan fingerprint density at radius 3 is 2.57 bits per heavy atom. The first-order valence-electron chi connectivity index (χ1n) is 8.60. The number of nitrogens with zero attached hydrogens (tertiary/aromatic N) is 3. The maximum absolute atomic E-state index is 12.0. The molecule has 146 valence electrons. The van der Waals surface area contributed by atoms with Crippen molar-refractivity contribution in [3.63, 3.8) is 0 Å². The lowest BCUT2D eigenvalue weighted by atomic mass is 10.2. The quantitative estimate of drug-likeness (QED) is 0.567. The van der Waals surface area contributed by atoms with Crippen LogP contribution in [0.25, 0.3) is 12.2 Å². The summed E-state index contributed by atoms with van der Waals surface area (Å²) in [5.41, 5.74) is -1.30. The van der Waals surface area contributed by atoms with E-state index in [0.717, 1.165) is 31.5 Å². The van der Waals surface area contributed by atoms with Crippen LogP contribution in [0, 0.1) is 10.1 Å². The lowest BCUT2D eigenvalue weighted by Gasteiger charge is -2.15. The molecule has 0 unspecified atom stereocenters. The molecule has 1 aromatic carbocycles. The second-order valence-corrected chi connectivity index (χ2v) is 6.16. The topological polar surface area (TPSA) is 139 Å². The summed E-state index contributed by atoms with van der Waals surface area (Å²) in [5.74, 6) is -0.455. The number of nitro groups is 1. The second-order valence-electron chi connectivity index (χ2n) is 6.16. The first-order valence-corrected chi connectivity index (χ1v) is 8.60. The molecule has 1 aliphatic rings.